The second-order valence-electron chi connectivity index (χ2n) is 7.76. The second kappa shape index (κ2) is 9.23. The highest BCUT2D eigenvalue weighted by Crippen LogP contribution is 2.31. The number of halogens is 4. The van der Waals surface area contributed by atoms with Crippen LogP contribution >= 0.6 is 0 Å². The average Bonchev–Trinajstić information content (AvgIpc) is 2.83. The molecule has 0 bridgehead atoms. The number of likely N-dealkylation sites (N-methyl/N-ethyl adjacent to an activating group) is 1. The molecule has 4 aromatic rings. The predicted molar refractivity (Wildman–Crippen MR) is 122 cm³/mol. The fourth-order valence-electron chi connectivity index (χ4n) is 3.59. The zero-order valence-corrected chi connectivity index (χ0v) is 19.1. The molecule has 0 N–H and O–H groups in total. The molecule has 0 aliphatic rings. The van der Waals surface area contributed by atoms with Gasteiger partial charge < -0.3 is 0 Å². The summed E-state index contributed by atoms with van der Waals surface area (Å²) in [4.78, 5) is 17.2. The van der Waals surface area contributed by atoms with E-state index in [0.717, 1.165) is 22.5 Å². The molecule has 1 aromatic heterocycles. The van der Waals surface area contributed by atoms with Crippen LogP contribution in [0.25, 0.3) is 16.6 Å². The quantitative estimate of drug-likeness (QED) is 0.364. The molecule has 6 nitrogen and oxygen atoms in total. The van der Waals surface area contributed by atoms with E-state index >= 15 is 0 Å². The monoisotopic (exact) mass is 505 g/mol. The van der Waals surface area contributed by atoms with Gasteiger partial charge >= 0.3 is 6.18 Å². The number of benzene rings is 3. The molecule has 4 rings (SSSR count). The van der Waals surface area contributed by atoms with Gasteiger partial charge in [0.05, 0.1) is 27.0 Å². The molecule has 35 heavy (non-hydrogen) atoms. The van der Waals surface area contributed by atoms with Gasteiger partial charge in [0.25, 0.3) is 5.56 Å². The highest BCUT2D eigenvalue weighted by atomic mass is 32.2. The standard InChI is InChI=1S/C24H19F4N3O3S/c1-30(35(33,34)19-6-4-5-16(15-19)24(26,27)28)14-13-22-29-21-8-3-2-7-20(21)23(32)31(22)18-11-9-17(25)10-12-18/h2-12,15H,13-14H2,1H3. The molecule has 3 aromatic carbocycles. The highest BCUT2D eigenvalue weighted by molar-refractivity contribution is 7.89. The summed E-state index contributed by atoms with van der Waals surface area (Å²) >= 11 is 0. The van der Waals surface area contributed by atoms with Crippen molar-refractivity contribution in [3.8, 4) is 5.69 Å². The van der Waals surface area contributed by atoms with Crippen molar-refractivity contribution < 1.29 is 26.0 Å². The number of hydrogen-bond acceptors (Lipinski definition) is 4. The zero-order valence-electron chi connectivity index (χ0n) is 18.3. The van der Waals surface area contributed by atoms with Gasteiger partial charge in [-0.25, -0.2) is 22.1 Å². The minimum Gasteiger partial charge on any atom is -0.268 e. The van der Waals surface area contributed by atoms with Crippen molar-refractivity contribution in [2.75, 3.05) is 13.6 Å². The van der Waals surface area contributed by atoms with Crippen LogP contribution in [0.15, 0.2) is 82.5 Å². The van der Waals surface area contributed by atoms with Crippen molar-refractivity contribution in [3.63, 3.8) is 0 Å². The molecular weight excluding hydrogens is 486 g/mol. The summed E-state index contributed by atoms with van der Waals surface area (Å²) in [6.45, 7) is -0.176. The lowest BCUT2D eigenvalue weighted by molar-refractivity contribution is -0.137. The third-order valence-corrected chi connectivity index (χ3v) is 7.30. The van der Waals surface area contributed by atoms with Crippen molar-refractivity contribution >= 4 is 20.9 Å². The topological polar surface area (TPSA) is 72.3 Å². The van der Waals surface area contributed by atoms with Crippen LogP contribution < -0.4 is 5.56 Å². The van der Waals surface area contributed by atoms with E-state index in [1.807, 2.05) is 0 Å². The molecule has 1 heterocycles. The number of nitrogens with zero attached hydrogens (tertiary/aromatic N) is 3. The van der Waals surface area contributed by atoms with E-state index in [9.17, 15) is 30.8 Å². The molecular formula is C24H19F4N3O3S. The van der Waals surface area contributed by atoms with Crippen LogP contribution in [0.2, 0.25) is 0 Å². The van der Waals surface area contributed by atoms with E-state index in [0.29, 0.717) is 22.7 Å². The molecule has 11 heteroatoms. The van der Waals surface area contributed by atoms with Gasteiger partial charge in [0.15, 0.2) is 0 Å². The Balaban J connectivity index is 1.70. The lowest BCUT2D eigenvalue weighted by atomic mass is 10.2. The maximum atomic E-state index is 13.5. The van der Waals surface area contributed by atoms with Crippen LogP contribution in [0.3, 0.4) is 0 Å². The summed E-state index contributed by atoms with van der Waals surface area (Å²) in [5.74, 6) is -0.282. The normalized spacial score (nSPS) is 12.4. The first kappa shape index (κ1) is 24.6. The molecule has 0 atom stereocenters. The summed E-state index contributed by atoms with van der Waals surface area (Å²) in [6, 6.07) is 15.3. The van der Waals surface area contributed by atoms with E-state index in [1.165, 1.54) is 35.9 Å². The number of rotatable bonds is 6. The number of fused-ring (bicyclic) bond motifs is 1. The number of aromatic nitrogens is 2. The number of para-hydroxylation sites is 1. The van der Waals surface area contributed by atoms with Gasteiger partial charge in [0, 0.05) is 20.0 Å². The first-order chi connectivity index (χ1) is 16.5. The van der Waals surface area contributed by atoms with Crippen molar-refractivity contribution in [2.45, 2.75) is 17.5 Å². The average molecular weight is 505 g/mol. The molecule has 0 amide bonds. The van der Waals surface area contributed by atoms with Crippen molar-refractivity contribution in [1.29, 1.82) is 0 Å². The second-order valence-corrected chi connectivity index (χ2v) is 9.81. The number of alkyl halides is 3. The third-order valence-electron chi connectivity index (χ3n) is 5.45. The number of hydrogen-bond donors (Lipinski definition) is 0. The molecule has 0 spiro atoms. The summed E-state index contributed by atoms with van der Waals surface area (Å²) < 4.78 is 80.6. The van der Waals surface area contributed by atoms with E-state index in [4.69, 9.17) is 0 Å². The van der Waals surface area contributed by atoms with Gasteiger partial charge in [0.1, 0.15) is 11.6 Å². The zero-order chi connectivity index (χ0) is 25.4. The third kappa shape index (κ3) is 4.96. The Morgan fingerprint density at radius 1 is 0.971 bits per heavy atom. The summed E-state index contributed by atoms with van der Waals surface area (Å²) in [5.41, 5.74) is -0.754. The highest BCUT2D eigenvalue weighted by Gasteiger charge is 2.32. The van der Waals surface area contributed by atoms with E-state index in [1.54, 1.807) is 24.3 Å². The molecule has 0 fully saturated rings. The molecule has 182 valence electrons. The number of sulfonamides is 1. The maximum absolute atomic E-state index is 13.5. The van der Waals surface area contributed by atoms with Gasteiger partial charge in [-0.05, 0) is 54.6 Å². The largest absolute Gasteiger partial charge is 0.416 e. The van der Waals surface area contributed by atoms with Crippen LogP contribution in [0.1, 0.15) is 11.4 Å². The van der Waals surface area contributed by atoms with Crippen molar-refractivity contribution in [3.05, 3.63) is 100 Å². The molecule has 0 saturated carbocycles. The Morgan fingerprint density at radius 3 is 2.34 bits per heavy atom. The molecule has 0 aliphatic carbocycles. The Kier molecular flexibility index (Phi) is 6.48. The van der Waals surface area contributed by atoms with Crippen LogP contribution in [-0.2, 0) is 22.6 Å². The summed E-state index contributed by atoms with van der Waals surface area (Å²) in [7, 11) is -3.03. The van der Waals surface area contributed by atoms with Crippen LogP contribution in [-0.4, -0.2) is 35.9 Å². The Bertz CT molecular complexity index is 1550. The lowest BCUT2D eigenvalue weighted by Crippen LogP contribution is -2.31. The fraction of sp³-hybridized carbons (Fsp3) is 0.167. The molecule has 0 unspecified atom stereocenters. The van der Waals surface area contributed by atoms with Crippen LogP contribution in [0.4, 0.5) is 17.6 Å². The SMILES string of the molecule is CN(CCc1nc2ccccc2c(=O)n1-c1ccc(F)cc1)S(=O)(=O)c1cccc(C(F)(F)F)c1. The smallest absolute Gasteiger partial charge is 0.268 e. The van der Waals surface area contributed by atoms with Gasteiger partial charge in [-0.2, -0.15) is 13.2 Å². The minimum atomic E-state index is -4.69. The Labute approximate surface area is 198 Å². The first-order valence-corrected chi connectivity index (χ1v) is 11.8. The fourth-order valence-corrected chi connectivity index (χ4v) is 4.81. The van der Waals surface area contributed by atoms with Crippen molar-refractivity contribution in [2.24, 2.45) is 0 Å². The van der Waals surface area contributed by atoms with Gasteiger partial charge in [-0.3, -0.25) is 9.36 Å². The molecule has 0 radical (unpaired) electrons. The Hall–Kier alpha value is -3.57. The van der Waals surface area contributed by atoms with E-state index in [-0.39, 0.29) is 18.8 Å². The lowest BCUT2D eigenvalue weighted by Gasteiger charge is -2.19. The summed E-state index contributed by atoms with van der Waals surface area (Å²) in [6.07, 6.45) is -4.73. The van der Waals surface area contributed by atoms with Gasteiger partial charge in [-0.15, -0.1) is 0 Å². The van der Waals surface area contributed by atoms with Crippen LogP contribution in [0.5, 0.6) is 0 Å². The molecule has 0 aliphatic heterocycles. The minimum absolute atomic E-state index is 0.0356. The molecule has 0 saturated heterocycles. The predicted octanol–water partition coefficient (Wildman–Crippen LogP) is 4.41. The van der Waals surface area contributed by atoms with Gasteiger partial charge in [-0.1, -0.05) is 18.2 Å². The Morgan fingerprint density at radius 2 is 1.66 bits per heavy atom. The van der Waals surface area contributed by atoms with E-state index in [2.05, 4.69) is 4.98 Å². The van der Waals surface area contributed by atoms with Crippen molar-refractivity contribution in [1.82, 2.24) is 13.9 Å². The van der Waals surface area contributed by atoms with Crippen LogP contribution in [0, 0.1) is 5.82 Å². The maximum Gasteiger partial charge on any atom is 0.416 e. The van der Waals surface area contributed by atoms with Gasteiger partial charge in [0.2, 0.25) is 10.0 Å². The summed E-state index contributed by atoms with van der Waals surface area (Å²) in [5, 5.41) is 0.325. The van der Waals surface area contributed by atoms with E-state index < -0.39 is 38.0 Å². The first-order valence-electron chi connectivity index (χ1n) is 10.4.